The monoisotopic (exact) mass is 437 g/mol. The average molecular weight is 438 g/mol. The lowest BCUT2D eigenvalue weighted by atomic mass is 9.95. The number of anilines is 1. The Balaban J connectivity index is 1.59. The summed E-state index contributed by atoms with van der Waals surface area (Å²) in [5.41, 5.74) is 7.86. The lowest BCUT2D eigenvalue weighted by molar-refractivity contribution is -0.117. The fourth-order valence-corrected chi connectivity index (χ4v) is 5.11. The van der Waals surface area contributed by atoms with Crippen LogP contribution in [-0.4, -0.2) is 23.8 Å². The predicted octanol–water partition coefficient (Wildman–Crippen LogP) is 3.30. The lowest BCUT2D eigenvalue weighted by Gasteiger charge is -2.18. The van der Waals surface area contributed by atoms with Crippen molar-refractivity contribution < 1.29 is 18.8 Å². The molecule has 31 heavy (non-hydrogen) atoms. The fourth-order valence-electron chi connectivity index (χ4n) is 3.81. The van der Waals surface area contributed by atoms with E-state index in [9.17, 15) is 14.4 Å². The predicted molar refractivity (Wildman–Crippen MR) is 118 cm³/mol. The minimum absolute atomic E-state index is 0.121. The molecule has 8 heteroatoms. The molecule has 7 nitrogen and oxygen atoms in total. The Hall–Kier alpha value is -3.39. The van der Waals surface area contributed by atoms with E-state index < -0.39 is 23.8 Å². The van der Waals surface area contributed by atoms with Crippen LogP contribution in [0.2, 0.25) is 0 Å². The van der Waals surface area contributed by atoms with Gasteiger partial charge in [0.15, 0.2) is 5.76 Å². The van der Waals surface area contributed by atoms with Crippen LogP contribution in [0.1, 0.15) is 49.8 Å². The van der Waals surface area contributed by atoms with Crippen molar-refractivity contribution in [2.75, 3.05) is 5.32 Å². The molecule has 0 radical (unpaired) electrons. The van der Waals surface area contributed by atoms with Crippen LogP contribution in [0.3, 0.4) is 0 Å². The van der Waals surface area contributed by atoms with Gasteiger partial charge in [0.05, 0.1) is 11.8 Å². The van der Waals surface area contributed by atoms with E-state index in [1.54, 1.807) is 6.07 Å². The number of aryl methyl sites for hydroxylation is 1. The van der Waals surface area contributed by atoms with Gasteiger partial charge in [-0.05, 0) is 48.9 Å². The largest absolute Gasteiger partial charge is 0.459 e. The maximum atomic E-state index is 13.2. The van der Waals surface area contributed by atoms with E-state index in [0.717, 1.165) is 41.7 Å². The zero-order valence-corrected chi connectivity index (χ0v) is 17.7. The van der Waals surface area contributed by atoms with Crippen molar-refractivity contribution in [1.82, 2.24) is 5.32 Å². The highest BCUT2D eigenvalue weighted by molar-refractivity contribution is 7.17. The molecule has 160 valence electrons. The number of nitrogens with two attached hydrogens (primary N) is 1. The number of amides is 3. The van der Waals surface area contributed by atoms with Crippen molar-refractivity contribution in [3.05, 3.63) is 76.1 Å². The van der Waals surface area contributed by atoms with E-state index in [1.165, 1.54) is 23.7 Å². The van der Waals surface area contributed by atoms with Gasteiger partial charge in [0.2, 0.25) is 5.91 Å². The van der Waals surface area contributed by atoms with E-state index in [-0.39, 0.29) is 12.2 Å². The standard InChI is InChI=1S/C23H23N3O4S/c24-20(27)19-15-9-4-5-11-18(15)31-23(19)26-21(28)16(13-14-7-2-1-3-8-14)25-22(29)17-10-6-12-30-17/h1-3,6-8,10,12,16H,4-5,9,11,13H2,(H2,24,27)(H,25,29)(H,26,28)/t16-/m1/s1. The summed E-state index contributed by atoms with van der Waals surface area (Å²) in [5, 5.41) is 6.05. The molecule has 0 saturated heterocycles. The molecule has 1 atom stereocenters. The second-order valence-electron chi connectivity index (χ2n) is 7.46. The number of hydrogen-bond donors (Lipinski definition) is 3. The molecule has 0 saturated carbocycles. The summed E-state index contributed by atoms with van der Waals surface area (Å²) >= 11 is 1.39. The summed E-state index contributed by atoms with van der Waals surface area (Å²) in [7, 11) is 0. The van der Waals surface area contributed by atoms with Crippen LogP contribution in [0.15, 0.2) is 53.1 Å². The SMILES string of the molecule is NC(=O)c1c(NC(=O)[C@@H](Cc2ccccc2)NC(=O)c2ccco2)sc2c1CCCC2. The van der Waals surface area contributed by atoms with Gasteiger partial charge in [0, 0.05) is 11.3 Å². The molecule has 0 bridgehead atoms. The second kappa shape index (κ2) is 9.18. The van der Waals surface area contributed by atoms with Crippen molar-refractivity contribution in [3.63, 3.8) is 0 Å². The number of rotatable bonds is 7. The number of benzene rings is 1. The number of primary amides is 1. The quantitative estimate of drug-likeness (QED) is 0.526. The van der Waals surface area contributed by atoms with Crippen LogP contribution >= 0.6 is 11.3 Å². The molecule has 1 aromatic carbocycles. The van der Waals surface area contributed by atoms with Gasteiger partial charge in [-0.2, -0.15) is 0 Å². The van der Waals surface area contributed by atoms with E-state index in [1.807, 2.05) is 30.3 Å². The molecular formula is C23H23N3O4S. The summed E-state index contributed by atoms with van der Waals surface area (Å²) in [5.74, 6) is -1.32. The van der Waals surface area contributed by atoms with Gasteiger partial charge in [-0.25, -0.2) is 0 Å². The van der Waals surface area contributed by atoms with Crippen molar-refractivity contribution >= 4 is 34.1 Å². The maximum absolute atomic E-state index is 13.2. The molecule has 2 heterocycles. The summed E-state index contributed by atoms with van der Waals surface area (Å²) in [6.07, 6.45) is 5.39. The van der Waals surface area contributed by atoms with Crippen LogP contribution in [0.5, 0.6) is 0 Å². The molecule has 0 aliphatic heterocycles. The number of furan rings is 1. The van der Waals surface area contributed by atoms with Crippen LogP contribution in [0.4, 0.5) is 5.00 Å². The Morgan fingerprint density at radius 1 is 1.06 bits per heavy atom. The van der Waals surface area contributed by atoms with Crippen molar-refractivity contribution in [2.24, 2.45) is 5.73 Å². The Morgan fingerprint density at radius 3 is 2.55 bits per heavy atom. The number of thiophene rings is 1. The van der Waals surface area contributed by atoms with Crippen LogP contribution in [-0.2, 0) is 24.1 Å². The number of hydrogen-bond acceptors (Lipinski definition) is 5. The zero-order chi connectivity index (χ0) is 21.8. The molecule has 3 amide bonds. The maximum Gasteiger partial charge on any atom is 0.287 e. The van der Waals surface area contributed by atoms with Crippen LogP contribution in [0.25, 0.3) is 0 Å². The lowest BCUT2D eigenvalue weighted by Crippen LogP contribution is -2.45. The van der Waals surface area contributed by atoms with Gasteiger partial charge < -0.3 is 20.8 Å². The number of fused-ring (bicyclic) bond motifs is 1. The molecule has 0 spiro atoms. The smallest absolute Gasteiger partial charge is 0.287 e. The van der Waals surface area contributed by atoms with E-state index in [2.05, 4.69) is 10.6 Å². The highest BCUT2D eigenvalue weighted by atomic mass is 32.1. The Kier molecular flexibility index (Phi) is 6.18. The van der Waals surface area contributed by atoms with Gasteiger partial charge in [0.25, 0.3) is 11.8 Å². The Morgan fingerprint density at radius 2 is 1.84 bits per heavy atom. The summed E-state index contributed by atoms with van der Waals surface area (Å²) in [6.45, 7) is 0. The Bertz CT molecular complexity index is 1090. The van der Waals surface area contributed by atoms with Gasteiger partial charge in [0.1, 0.15) is 11.0 Å². The molecule has 0 fully saturated rings. The summed E-state index contributed by atoms with van der Waals surface area (Å²) in [6, 6.07) is 11.7. The molecule has 1 aliphatic carbocycles. The third kappa shape index (κ3) is 4.69. The molecule has 0 unspecified atom stereocenters. The molecule has 4 rings (SSSR count). The van der Waals surface area contributed by atoms with E-state index in [0.29, 0.717) is 10.6 Å². The minimum atomic E-state index is -0.861. The van der Waals surface area contributed by atoms with Gasteiger partial charge in [-0.15, -0.1) is 11.3 Å². The molecule has 4 N–H and O–H groups in total. The van der Waals surface area contributed by atoms with Crippen molar-refractivity contribution in [2.45, 2.75) is 38.1 Å². The summed E-state index contributed by atoms with van der Waals surface area (Å²) in [4.78, 5) is 39.0. The highest BCUT2D eigenvalue weighted by Gasteiger charge is 2.28. The van der Waals surface area contributed by atoms with Crippen molar-refractivity contribution in [3.8, 4) is 0 Å². The first-order chi connectivity index (χ1) is 15.0. The van der Waals surface area contributed by atoms with Crippen molar-refractivity contribution in [1.29, 1.82) is 0 Å². The highest BCUT2D eigenvalue weighted by Crippen LogP contribution is 2.38. The summed E-state index contributed by atoms with van der Waals surface area (Å²) < 4.78 is 5.15. The average Bonchev–Trinajstić information content (AvgIpc) is 3.41. The first kappa shape index (κ1) is 20.9. The Labute approximate surface area is 183 Å². The van der Waals surface area contributed by atoms with E-state index >= 15 is 0 Å². The third-order valence-electron chi connectivity index (χ3n) is 5.30. The zero-order valence-electron chi connectivity index (χ0n) is 16.9. The molecular weight excluding hydrogens is 414 g/mol. The fraction of sp³-hybridized carbons (Fsp3) is 0.261. The minimum Gasteiger partial charge on any atom is -0.459 e. The molecule has 1 aliphatic rings. The van der Waals surface area contributed by atoms with Crippen LogP contribution in [0, 0.1) is 0 Å². The first-order valence-corrected chi connectivity index (χ1v) is 11.0. The van der Waals surface area contributed by atoms with Gasteiger partial charge in [-0.1, -0.05) is 30.3 Å². The second-order valence-corrected chi connectivity index (χ2v) is 8.57. The van der Waals surface area contributed by atoms with Gasteiger partial charge >= 0.3 is 0 Å². The number of nitrogens with one attached hydrogen (secondary N) is 2. The molecule has 3 aromatic rings. The normalized spacial score (nSPS) is 13.8. The number of carbonyl (C=O) groups excluding carboxylic acids is 3. The topological polar surface area (TPSA) is 114 Å². The van der Waals surface area contributed by atoms with Gasteiger partial charge in [-0.3, -0.25) is 14.4 Å². The third-order valence-corrected chi connectivity index (χ3v) is 6.51. The van der Waals surface area contributed by atoms with Crippen LogP contribution < -0.4 is 16.4 Å². The van der Waals surface area contributed by atoms with E-state index in [4.69, 9.17) is 10.2 Å². The molecule has 2 aromatic heterocycles. The number of carbonyl (C=O) groups is 3. The first-order valence-electron chi connectivity index (χ1n) is 10.2.